The Balaban J connectivity index is 1.47. The third kappa shape index (κ3) is 4.94. The first-order valence-corrected chi connectivity index (χ1v) is 10.4. The zero-order valence-electron chi connectivity index (χ0n) is 17.6. The minimum Gasteiger partial charge on any atom is -0.465 e. The number of fused-ring (bicyclic) bond motifs is 1. The van der Waals surface area contributed by atoms with Crippen LogP contribution in [0.2, 0.25) is 0 Å². The normalized spacial score (nSPS) is 13.1. The van der Waals surface area contributed by atoms with E-state index in [2.05, 4.69) is 40.8 Å². The number of imide groups is 1. The molecule has 2 aromatic rings. The molecular formula is C24H28N2O4. The molecule has 0 aromatic heterocycles. The summed E-state index contributed by atoms with van der Waals surface area (Å²) in [4.78, 5) is 40.6. The van der Waals surface area contributed by atoms with Gasteiger partial charge in [0.05, 0.1) is 23.8 Å². The summed E-state index contributed by atoms with van der Waals surface area (Å²) in [5.41, 5.74) is 2.21. The number of nitrogens with zero attached hydrogens (tertiary/aromatic N) is 2. The first kappa shape index (κ1) is 21.7. The lowest BCUT2D eigenvalue weighted by Gasteiger charge is -2.20. The topological polar surface area (TPSA) is 66.9 Å². The van der Waals surface area contributed by atoms with Crippen LogP contribution in [0.5, 0.6) is 0 Å². The van der Waals surface area contributed by atoms with E-state index in [9.17, 15) is 14.4 Å². The highest BCUT2D eigenvalue weighted by Crippen LogP contribution is 2.25. The quantitative estimate of drug-likeness (QED) is 0.340. The third-order valence-electron chi connectivity index (χ3n) is 5.44. The summed E-state index contributed by atoms with van der Waals surface area (Å²) in [6.07, 6.45) is 2.71. The molecule has 0 fully saturated rings. The van der Waals surface area contributed by atoms with E-state index in [0.29, 0.717) is 12.1 Å². The number of unbranched alkanes of at least 4 members (excludes halogenated alkanes) is 2. The molecule has 2 amide bonds. The van der Waals surface area contributed by atoms with Crippen molar-refractivity contribution in [3.05, 3.63) is 70.8 Å². The van der Waals surface area contributed by atoms with Gasteiger partial charge in [-0.15, -0.1) is 0 Å². The van der Waals surface area contributed by atoms with Crippen LogP contribution in [0.1, 0.15) is 62.8 Å². The van der Waals surface area contributed by atoms with Crippen molar-refractivity contribution < 1.29 is 19.1 Å². The van der Waals surface area contributed by atoms with E-state index in [4.69, 9.17) is 0 Å². The highest BCUT2D eigenvalue weighted by molar-refractivity contribution is 6.21. The van der Waals surface area contributed by atoms with Crippen molar-refractivity contribution in [1.82, 2.24) is 9.80 Å². The lowest BCUT2D eigenvalue weighted by atomic mass is 10.1. The second kappa shape index (κ2) is 10.2. The summed E-state index contributed by atoms with van der Waals surface area (Å²) in [5.74, 6) is -1.14. The van der Waals surface area contributed by atoms with Gasteiger partial charge >= 0.3 is 5.97 Å². The summed E-state index contributed by atoms with van der Waals surface area (Å²) in [6, 6.07) is 14.9. The minimum atomic E-state index is -0.521. The first-order chi connectivity index (χ1) is 14.5. The van der Waals surface area contributed by atoms with Gasteiger partial charge in [0.15, 0.2) is 0 Å². The predicted octanol–water partition coefficient (Wildman–Crippen LogP) is 3.76. The van der Waals surface area contributed by atoms with Gasteiger partial charge in [0.25, 0.3) is 11.8 Å². The lowest BCUT2D eigenvalue weighted by molar-refractivity contribution is 0.0599. The number of carbonyl (C=O) groups excluding carboxylic acids is 3. The van der Waals surface area contributed by atoms with Crippen molar-refractivity contribution in [3.8, 4) is 0 Å². The van der Waals surface area contributed by atoms with Crippen LogP contribution in [-0.4, -0.2) is 54.3 Å². The van der Waals surface area contributed by atoms with Gasteiger partial charge in [0.1, 0.15) is 0 Å². The monoisotopic (exact) mass is 408 g/mol. The number of esters is 1. The van der Waals surface area contributed by atoms with E-state index in [-0.39, 0.29) is 22.9 Å². The molecule has 0 saturated carbocycles. The average Bonchev–Trinajstić information content (AvgIpc) is 3.02. The molecule has 1 aliphatic heterocycles. The summed E-state index contributed by atoms with van der Waals surface area (Å²) >= 11 is 0. The smallest absolute Gasteiger partial charge is 0.337 e. The van der Waals surface area contributed by atoms with Crippen molar-refractivity contribution in [2.24, 2.45) is 0 Å². The SMILES string of the molecule is CCN(CCCCCN1C(=O)c2ccc(C(=O)OC)cc2C1=O)Cc1ccccc1. The standard InChI is InChI=1S/C24H28N2O4/c1-3-25(17-18-10-6-4-7-11-18)14-8-5-9-15-26-22(27)20-13-12-19(24(29)30-2)16-21(20)23(26)28/h4,6-7,10-13,16H,3,5,8-9,14-15,17H2,1-2H3. The molecule has 0 spiro atoms. The van der Waals surface area contributed by atoms with E-state index in [0.717, 1.165) is 38.9 Å². The summed E-state index contributed by atoms with van der Waals surface area (Å²) in [7, 11) is 1.29. The van der Waals surface area contributed by atoms with E-state index < -0.39 is 5.97 Å². The second-order valence-electron chi connectivity index (χ2n) is 7.43. The van der Waals surface area contributed by atoms with Crippen LogP contribution in [0.25, 0.3) is 0 Å². The van der Waals surface area contributed by atoms with Crippen molar-refractivity contribution in [1.29, 1.82) is 0 Å². The van der Waals surface area contributed by atoms with Crippen LogP contribution in [0.3, 0.4) is 0 Å². The van der Waals surface area contributed by atoms with E-state index in [1.807, 2.05) is 6.07 Å². The van der Waals surface area contributed by atoms with Crippen LogP contribution in [0.4, 0.5) is 0 Å². The molecule has 0 aliphatic carbocycles. The van der Waals surface area contributed by atoms with Crippen molar-refractivity contribution >= 4 is 17.8 Å². The molecule has 0 saturated heterocycles. The number of rotatable bonds is 10. The Hall–Kier alpha value is -2.99. The van der Waals surface area contributed by atoms with Crippen LogP contribution in [0, 0.1) is 0 Å². The maximum atomic E-state index is 12.6. The van der Waals surface area contributed by atoms with Gasteiger partial charge in [-0.1, -0.05) is 43.7 Å². The molecule has 6 nitrogen and oxygen atoms in total. The molecular weight excluding hydrogens is 380 g/mol. The van der Waals surface area contributed by atoms with Gasteiger partial charge in [-0.2, -0.15) is 0 Å². The van der Waals surface area contributed by atoms with Crippen LogP contribution < -0.4 is 0 Å². The van der Waals surface area contributed by atoms with Gasteiger partial charge in [-0.3, -0.25) is 19.4 Å². The highest BCUT2D eigenvalue weighted by atomic mass is 16.5. The molecule has 0 unspecified atom stereocenters. The van der Waals surface area contributed by atoms with Crippen molar-refractivity contribution in [3.63, 3.8) is 0 Å². The Kier molecular flexibility index (Phi) is 7.36. The van der Waals surface area contributed by atoms with E-state index in [1.165, 1.54) is 35.8 Å². The Morgan fingerprint density at radius 1 is 0.967 bits per heavy atom. The third-order valence-corrected chi connectivity index (χ3v) is 5.44. The van der Waals surface area contributed by atoms with Gasteiger partial charge in [-0.25, -0.2) is 4.79 Å². The average molecular weight is 408 g/mol. The predicted molar refractivity (Wildman–Crippen MR) is 114 cm³/mol. The van der Waals surface area contributed by atoms with Gasteiger partial charge in [-0.05, 0) is 49.7 Å². The van der Waals surface area contributed by atoms with Crippen LogP contribution in [0.15, 0.2) is 48.5 Å². The number of amides is 2. The van der Waals surface area contributed by atoms with Gasteiger partial charge < -0.3 is 4.74 Å². The van der Waals surface area contributed by atoms with Crippen LogP contribution in [-0.2, 0) is 11.3 Å². The number of methoxy groups -OCH3 is 1. The first-order valence-electron chi connectivity index (χ1n) is 10.4. The fourth-order valence-electron chi connectivity index (χ4n) is 3.71. The van der Waals surface area contributed by atoms with Crippen LogP contribution >= 0.6 is 0 Å². The molecule has 2 aromatic carbocycles. The molecule has 0 N–H and O–H groups in total. The maximum absolute atomic E-state index is 12.6. The minimum absolute atomic E-state index is 0.275. The Bertz CT molecular complexity index is 911. The number of hydrogen-bond donors (Lipinski definition) is 0. The summed E-state index contributed by atoms with van der Waals surface area (Å²) < 4.78 is 4.69. The van der Waals surface area contributed by atoms with E-state index in [1.54, 1.807) is 0 Å². The molecule has 3 rings (SSSR count). The number of ether oxygens (including phenoxy) is 1. The summed E-state index contributed by atoms with van der Waals surface area (Å²) in [6.45, 7) is 5.44. The molecule has 0 atom stereocenters. The molecule has 6 heteroatoms. The number of hydrogen-bond acceptors (Lipinski definition) is 5. The van der Waals surface area contributed by atoms with Crippen molar-refractivity contribution in [2.75, 3.05) is 26.7 Å². The van der Waals surface area contributed by atoms with E-state index >= 15 is 0 Å². The largest absolute Gasteiger partial charge is 0.465 e. The van der Waals surface area contributed by atoms with Gasteiger partial charge in [0.2, 0.25) is 0 Å². The Morgan fingerprint density at radius 2 is 1.70 bits per heavy atom. The van der Waals surface area contributed by atoms with Crippen molar-refractivity contribution in [2.45, 2.75) is 32.7 Å². The maximum Gasteiger partial charge on any atom is 0.337 e. The molecule has 1 aliphatic rings. The number of benzene rings is 2. The highest BCUT2D eigenvalue weighted by Gasteiger charge is 2.35. The Labute approximate surface area is 177 Å². The summed E-state index contributed by atoms with van der Waals surface area (Å²) in [5, 5.41) is 0. The van der Waals surface area contributed by atoms with Gasteiger partial charge in [0, 0.05) is 13.1 Å². The molecule has 30 heavy (non-hydrogen) atoms. The molecule has 158 valence electrons. The zero-order valence-corrected chi connectivity index (χ0v) is 17.6. The fourth-order valence-corrected chi connectivity index (χ4v) is 3.71. The molecule has 0 bridgehead atoms. The number of carbonyl (C=O) groups is 3. The fraction of sp³-hybridized carbons (Fsp3) is 0.375. The zero-order chi connectivity index (χ0) is 21.5. The second-order valence-corrected chi connectivity index (χ2v) is 7.43. The lowest BCUT2D eigenvalue weighted by Crippen LogP contribution is -2.31. The molecule has 1 heterocycles. The Morgan fingerprint density at radius 3 is 2.40 bits per heavy atom. The molecule has 0 radical (unpaired) electrons.